The van der Waals surface area contributed by atoms with Crippen LogP contribution in [0.25, 0.3) is 0 Å². The number of nitrogens with one attached hydrogen (secondary N) is 1. The van der Waals surface area contributed by atoms with Crippen LogP contribution >= 0.6 is 23.1 Å². The Balaban J connectivity index is 1.63. The molecule has 0 saturated carbocycles. The number of esters is 1. The van der Waals surface area contributed by atoms with Gasteiger partial charge in [-0.05, 0) is 12.1 Å². The van der Waals surface area contributed by atoms with Gasteiger partial charge in [-0.2, -0.15) is 0 Å². The molecule has 0 aliphatic heterocycles. The molecule has 9 heteroatoms. The minimum atomic E-state index is -0.600. The number of hydrogen-bond donors (Lipinski definition) is 1. The van der Waals surface area contributed by atoms with E-state index >= 15 is 0 Å². The van der Waals surface area contributed by atoms with Crippen molar-refractivity contribution in [3.8, 4) is 5.75 Å². The van der Waals surface area contributed by atoms with Crippen molar-refractivity contribution >= 4 is 35.0 Å². The van der Waals surface area contributed by atoms with Crippen LogP contribution in [-0.4, -0.2) is 34.6 Å². The second-order valence-corrected chi connectivity index (χ2v) is 5.39. The minimum absolute atomic E-state index is 0.0788. The SMILES string of the molecule is O=C(COc1ccccc1)NCC(=O)OCc1nnsc1Cl. The lowest BCUT2D eigenvalue weighted by Crippen LogP contribution is -2.34. The minimum Gasteiger partial charge on any atom is -0.484 e. The maximum atomic E-state index is 11.5. The Morgan fingerprint density at radius 1 is 1.27 bits per heavy atom. The van der Waals surface area contributed by atoms with Gasteiger partial charge in [-0.1, -0.05) is 34.3 Å². The average molecular weight is 342 g/mol. The summed E-state index contributed by atoms with van der Waals surface area (Å²) in [5.74, 6) is -0.447. The number of benzene rings is 1. The molecule has 2 rings (SSSR count). The van der Waals surface area contributed by atoms with E-state index < -0.39 is 11.9 Å². The maximum absolute atomic E-state index is 11.5. The van der Waals surface area contributed by atoms with E-state index in [0.29, 0.717) is 15.8 Å². The molecule has 1 aromatic carbocycles. The molecule has 22 heavy (non-hydrogen) atoms. The van der Waals surface area contributed by atoms with Crippen molar-refractivity contribution in [1.29, 1.82) is 0 Å². The van der Waals surface area contributed by atoms with Gasteiger partial charge in [0.05, 0.1) is 0 Å². The molecule has 0 fully saturated rings. The third-order valence-electron chi connectivity index (χ3n) is 2.42. The number of carbonyl (C=O) groups excluding carboxylic acids is 2. The molecule has 0 radical (unpaired) electrons. The van der Waals surface area contributed by atoms with Gasteiger partial charge in [-0.15, -0.1) is 5.10 Å². The Kier molecular flexibility index (Phi) is 6.11. The third-order valence-corrected chi connectivity index (χ3v) is 3.41. The largest absolute Gasteiger partial charge is 0.484 e. The zero-order valence-corrected chi connectivity index (χ0v) is 12.9. The number of hydrogen-bond acceptors (Lipinski definition) is 7. The molecule has 0 unspecified atom stereocenters. The zero-order valence-electron chi connectivity index (χ0n) is 11.3. The van der Waals surface area contributed by atoms with Crippen LogP contribution in [0.3, 0.4) is 0 Å². The first-order valence-electron chi connectivity index (χ1n) is 6.22. The summed E-state index contributed by atoms with van der Waals surface area (Å²) in [4.78, 5) is 23.0. The van der Waals surface area contributed by atoms with Crippen LogP contribution in [0.4, 0.5) is 0 Å². The third kappa shape index (κ3) is 5.30. The summed E-state index contributed by atoms with van der Waals surface area (Å²) in [7, 11) is 0. The number of aromatic nitrogens is 2. The Hall–Kier alpha value is -2.19. The summed E-state index contributed by atoms with van der Waals surface area (Å²) in [6, 6.07) is 8.89. The molecule has 1 aromatic heterocycles. The number of carbonyl (C=O) groups is 2. The maximum Gasteiger partial charge on any atom is 0.325 e. The van der Waals surface area contributed by atoms with Crippen molar-refractivity contribution in [3.05, 3.63) is 40.4 Å². The summed E-state index contributed by atoms with van der Waals surface area (Å²) in [6.45, 7) is -0.518. The summed E-state index contributed by atoms with van der Waals surface area (Å²) in [6.07, 6.45) is 0. The van der Waals surface area contributed by atoms with Crippen molar-refractivity contribution in [3.63, 3.8) is 0 Å². The number of nitrogens with zero attached hydrogens (tertiary/aromatic N) is 2. The number of para-hydroxylation sites is 1. The lowest BCUT2D eigenvalue weighted by molar-refractivity contribution is -0.145. The van der Waals surface area contributed by atoms with Crippen molar-refractivity contribution in [2.45, 2.75) is 6.61 Å². The van der Waals surface area contributed by atoms with Gasteiger partial charge in [0.15, 0.2) is 6.61 Å². The van der Waals surface area contributed by atoms with Gasteiger partial charge in [0.25, 0.3) is 5.91 Å². The van der Waals surface area contributed by atoms with Gasteiger partial charge in [0, 0.05) is 11.5 Å². The Bertz CT molecular complexity index is 635. The van der Waals surface area contributed by atoms with Crippen LogP contribution in [-0.2, 0) is 20.9 Å². The predicted molar refractivity (Wildman–Crippen MR) is 79.7 cm³/mol. The molecule has 0 aliphatic rings. The van der Waals surface area contributed by atoms with E-state index in [1.54, 1.807) is 24.3 Å². The van der Waals surface area contributed by atoms with Gasteiger partial charge in [-0.3, -0.25) is 9.59 Å². The second kappa shape index (κ2) is 8.30. The molecule has 0 aliphatic carbocycles. The highest BCUT2D eigenvalue weighted by Crippen LogP contribution is 2.17. The smallest absolute Gasteiger partial charge is 0.325 e. The first kappa shape index (κ1) is 16.2. The fraction of sp³-hybridized carbons (Fsp3) is 0.231. The highest BCUT2D eigenvalue weighted by Gasteiger charge is 2.11. The second-order valence-electron chi connectivity index (χ2n) is 4.03. The van der Waals surface area contributed by atoms with Crippen LogP contribution in [0, 0.1) is 0 Å². The Labute approximate surface area is 135 Å². The Morgan fingerprint density at radius 3 is 2.73 bits per heavy atom. The van der Waals surface area contributed by atoms with Crippen molar-refractivity contribution in [2.75, 3.05) is 13.2 Å². The van der Waals surface area contributed by atoms with E-state index in [4.69, 9.17) is 21.1 Å². The van der Waals surface area contributed by atoms with Crippen LogP contribution in [0.1, 0.15) is 5.69 Å². The van der Waals surface area contributed by atoms with Crippen molar-refractivity contribution < 1.29 is 19.1 Å². The van der Waals surface area contributed by atoms with Gasteiger partial charge >= 0.3 is 5.97 Å². The van der Waals surface area contributed by atoms with E-state index in [1.165, 1.54) is 0 Å². The highest BCUT2D eigenvalue weighted by atomic mass is 35.5. The van der Waals surface area contributed by atoms with E-state index in [-0.39, 0.29) is 19.8 Å². The lowest BCUT2D eigenvalue weighted by Gasteiger charge is -2.07. The zero-order chi connectivity index (χ0) is 15.8. The quantitative estimate of drug-likeness (QED) is 0.766. The molecule has 0 saturated heterocycles. The number of amides is 1. The van der Waals surface area contributed by atoms with Crippen LogP contribution in [0.2, 0.25) is 4.34 Å². The van der Waals surface area contributed by atoms with E-state index in [2.05, 4.69) is 14.9 Å². The summed E-state index contributed by atoms with van der Waals surface area (Å²) >= 11 is 6.77. The molecule has 2 aromatic rings. The van der Waals surface area contributed by atoms with Crippen molar-refractivity contribution in [2.24, 2.45) is 0 Å². The monoisotopic (exact) mass is 341 g/mol. The highest BCUT2D eigenvalue weighted by molar-refractivity contribution is 7.10. The molecule has 1 N–H and O–H groups in total. The first-order chi connectivity index (χ1) is 10.6. The Morgan fingerprint density at radius 2 is 2.05 bits per heavy atom. The fourth-order valence-corrected chi connectivity index (χ4v) is 1.97. The first-order valence-corrected chi connectivity index (χ1v) is 7.37. The van der Waals surface area contributed by atoms with Gasteiger partial charge < -0.3 is 14.8 Å². The predicted octanol–water partition coefficient (Wildman–Crippen LogP) is 1.43. The van der Waals surface area contributed by atoms with Gasteiger partial charge in [-0.25, -0.2) is 0 Å². The summed E-state index contributed by atoms with van der Waals surface area (Å²) in [5, 5.41) is 6.09. The van der Waals surface area contributed by atoms with Crippen LogP contribution < -0.4 is 10.1 Å². The molecule has 1 heterocycles. The lowest BCUT2D eigenvalue weighted by atomic mass is 10.3. The molecular weight excluding hydrogens is 330 g/mol. The summed E-state index contributed by atoms with van der Waals surface area (Å²) < 4.78 is 14.1. The van der Waals surface area contributed by atoms with E-state index in [9.17, 15) is 9.59 Å². The summed E-state index contributed by atoms with van der Waals surface area (Å²) in [5.41, 5.74) is 0.388. The van der Waals surface area contributed by atoms with Gasteiger partial charge in [0.2, 0.25) is 0 Å². The molecule has 116 valence electrons. The van der Waals surface area contributed by atoms with Crippen molar-refractivity contribution in [1.82, 2.24) is 14.9 Å². The molecule has 0 bridgehead atoms. The fourth-order valence-electron chi connectivity index (χ4n) is 1.37. The van der Waals surface area contributed by atoms with E-state index in [1.807, 2.05) is 6.07 Å². The van der Waals surface area contributed by atoms with Gasteiger partial charge in [0.1, 0.15) is 28.9 Å². The topological polar surface area (TPSA) is 90.4 Å². The molecule has 1 amide bonds. The number of halogens is 1. The molecule has 0 atom stereocenters. The molecular formula is C13H12ClN3O4S. The van der Waals surface area contributed by atoms with Crippen LogP contribution in [0.15, 0.2) is 30.3 Å². The molecule has 7 nitrogen and oxygen atoms in total. The number of ether oxygens (including phenoxy) is 2. The standard InChI is InChI=1S/C13H12ClN3O4S/c14-13-10(16-17-22-13)7-21-12(19)6-15-11(18)8-20-9-4-2-1-3-5-9/h1-5H,6-8H2,(H,15,18). The molecule has 0 spiro atoms. The average Bonchev–Trinajstić information content (AvgIpc) is 2.95. The van der Waals surface area contributed by atoms with E-state index in [0.717, 1.165) is 11.5 Å². The van der Waals surface area contributed by atoms with Crippen LogP contribution in [0.5, 0.6) is 5.75 Å². The number of rotatable bonds is 7. The normalized spacial score (nSPS) is 10.0.